The maximum absolute atomic E-state index is 11.7. The van der Waals surface area contributed by atoms with E-state index in [-0.39, 0.29) is 17.8 Å². The summed E-state index contributed by atoms with van der Waals surface area (Å²) < 4.78 is 4.65. The Morgan fingerprint density at radius 2 is 2.08 bits per heavy atom. The molecule has 24 heavy (non-hydrogen) atoms. The third kappa shape index (κ3) is 5.06. The predicted molar refractivity (Wildman–Crippen MR) is 89.0 cm³/mol. The average molecular weight is 340 g/mol. The predicted octanol–water partition coefficient (Wildman–Crippen LogP) is 1.07. The van der Waals surface area contributed by atoms with E-state index in [1.165, 1.54) is 7.11 Å². The number of carboxylic acid groups (broad SMARTS) is 1. The Morgan fingerprint density at radius 1 is 1.46 bits per heavy atom. The average Bonchev–Trinajstić information content (AvgIpc) is 2.77. The van der Waals surface area contributed by atoms with Gasteiger partial charge in [-0.15, -0.1) is 0 Å². The highest BCUT2D eigenvalue weighted by Gasteiger charge is 2.42. The van der Waals surface area contributed by atoms with Gasteiger partial charge in [0.05, 0.1) is 19.6 Å². The molecule has 1 rings (SSSR count). The van der Waals surface area contributed by atoms with Crippen LogP contribution in [0, 0.1) is 17.3 Å². The Bertz CT molecular complexity index is 515. The molecule has 0 heterocycles. The molecule has 4 N–H and O–H groups in total. The zero-order valence-corrected chi connectivity index (χ0v) is 14.7. The Labute approximate surface area is 142 Å². The maximum atomic E-state index is 11.7. The molecule has 1 aliphatic carbocycles. The molecule has 7 heteroatoms. The van der Waals surface area contributed by atoms with Gasteiger partial charge in [0, 0.05) is 11.6 Å². The van der Waals surface area contributed by atoms with Crippen molar-refractivity contribution in [2.75, 3.05) is 7.11 Å². The highest BCUT2D eigenvalue weighted by atomic mass is 16.5. The number of nitrogens with one attached hydrogen (secondary N) is 1. The molecule has 0 amide bonds. The fourth-order valence-corrected chi connectivity index (χ4v) is 3.59. The largest absolute Gasteiger partial charge is 0.481 e. The van der Waals surface area contributed by atoms with Crippen LogP contribution in [0.15, 0.2) is 11.8 Å². The Hall–Kier alpha value is -1.89. The van der Waals surface area contributed by atoms with Crippen LogP contribution in [-0.4, -0.2) is 42.5 Å². The van der Waals surface area contributed by atoms with Crippen molar-refractivity contribution in [2.24, 2.45) is 23.0 Å². The van der Waals surface area contributed by atoms with Crippen molar-refractivity contribution >= 4 is 18.2 Å². The van der Waals surface area contributed by atoms with Crippen LogP contribution < -0.4 is 11.1 Å². The van der Waals surface area contributed by atoms with E-state index in [0.717, 1.165) is 12.8 Å². The molecule has 7 nitrogen and oxygen atoms in total. The minimum Gasteiger partial charge on any atom is -0.481 e. The molecule has 136 valence electrons. The summed E-state index contributed by atoms with van der Waals surface area (Å²) in [4.78, 5) is 33.8. The van der Waals surface area contributed by atoms with E-state index in [9.17, 15) is 14.4 Å². The van der Waals surface area contributed by atoms with E-state index in [1.807, 2.05) is 0 Å². The molecule has 0 saturated heterocycles. The minimum atomic E-state index is -1.07. The number of aliphatic carboxylic acids is 1. The second-order valence-electron chi connectivity index (χ2n) is 7.14. The number of carbonyl (C=O) groups is 3. The van der Waals surface area contributed by atoms with Crippen LogP contribution in [0.2, 0.25) is 0 Å². The first kappa shape index (κ1) is 20.2. The summed E-state index contributed by atoms with van der Waals surface area (Å²) in [6.07, 6.45) is 3.79. The Kier molecular flexibility index (Phi) is 6.95. The molecule has 0 aromatic heterocycles. The zero-order chi connectivity index (χ0) is 18.5. The van der Waals surface area contributed by atoms with Gasteiger partial charge >= 0.3 is 11.9 Å². The summed E-state index contributed by atoms with van der Waals surface area (Å²) in [5.41, 5.74) is 6.44. The number of esters is 1. The molecule has 0 bridgehead atoms. The van der Waals surface area contributed by atoms with Crippen molar-refractivity contribution in [1.82, 2.24) is 5.32 Å². The third-order valence-corrected chi connectivity index (χ3v) is 4.73. The number of nitrogens with two attached hydrogens (primary N) is 1. The molecule has 0 aliphatic heterocycles. The number of carboxylic acids is 1. The van der Waals surface area contributed by atoms with Crippen LogP contribution in [0.3, 0.4) is 0 Å². The first-order valence-electron chi connectivity index (χ1n) is 8.11. The molecular formula is C17H28N2O5. The van der Waals surface area contributed by atoms with Crippen LogP contribution in [0.1, 0.15) is 40.0 Å². The normalized spacial score (nSPS) is 25.6. The van der Waals surface area contributed by atoms with Gasteiger partial charge < -0.3 is 25.7 Å². The molecule has 1 fully saturated rings. The van der Waals surface area contributed by atoms with Crippen molar-refractivity contribution in [3.05, 3.63) is 11.8 Å². The van der Waals surface area contributed by atoms with Crippen LogP contribution in [0.25, 0.3) is 0 Å². The van der Waals surface area contributed by atoms with Gasteiger partial charge in [0.1, 0.15) is 12.3 Å². The number of rotatable bonds is 8. The Morgan fingerprint density at radius 3 is 2.50 bits per heavy atom. The topological polar surface area (TPSA) is 119 Å². The molecule has 0 aromatic rings. The maximum Gasteiger partial charge on any atom is 0.326 e. The van der Waals surface area contributed by atoms with Crippen LogP contribution in [0.4, 0.5) is 0 Å². The second kappa shape index (κ2) is 8.28. The highest BCUT2D eigenvalue weighted by molar-refractivity contribution is 5.78. The lowest BCUT2D eigenvalue weighted by atomic mass is 9.76. The number of allylic oxidation sites excluding steroid dienone is 1. The molecule has 0 radical (unpaired) electrons. The van der Waals surface area contributed by atoms with Gasteiger partial charge in [-0.1, -0.05) is 20.8 Å². The molecule has 1 saturated carbocycles. The highest BCUT2D eigenvalue weighted by Crippen LogP contribution is 2.49. The lowest BCUT2D eigenvalue weighted by Gasteiger charge is -2.34. The van der Waals surface area contributed by atoms with E-state index >= 15 is 0 Å². The fourth-order valence-electron chi connectivity index (χ4n) is 3.59. The van der Waals surface area contributed by atoms with Crippen LogP contribution in [0.5, 0.6) is 0 Å². The number of aldehydes is 1. The second-order valence-corrected chi connectivity index (χ2v) is 7.14. The van der Waals surface area contributed by atoms with Crippen molar-refractivity contribution in [2.45, 2.75) is 52.1 Å². The summed E-state index contributed by atoms with van der Waals surface area (Å²) in [5, 5.41) is 11.9. The molecule has 0 aromatic carbocycles. The van der Waals surface area contributed by atoms with Gasteiger partial charge in [-0.05, 0) is 30.3 Å². The first-order chi connectivity index (χ1) is 11.1. The van der Waals surface area contributed by atoms with E-state index in [0.29, 0.717) is 17.9 Å². The molecular weight excluding hydrogens is 312 g/mol. The zero-order valence-electron chi connectivity index (χ0n) is 14.7. The van der Waals surface area contributed by atoms with Gasteiger partial charge in [0.15, 0.2) is 0 Å². The van der Waals surface area contributed by atoms with Gasteiger partial charge in [-0.2, -0.15) is 0 Å². The Balaban J connectivity index is 3.16. The fraction of sp³-hybridized carbons (Fsp3) is 0.706. The standard InChI is InChI=1S/C17H28N2O5/c1-10-5-6-17(2,3)15(10)13(8-12(18)16(23)24-4)19-11(9-20)7-14(21)22/h8-12,15,19H,5-7,18H2,1-4H3,(H,21,22)/t10?,11-,12?,15?/m1/s1. The smallest absolute Gasteiger partial charge is 0.326 e. The van der Waals surface area contributed by atoms with Crippen molar-refractivity contribution < 1.29 is 24.2 Å². The van der Waals surface area contributed by atoms with Crippen LogP contribution in [-0.2, 0) is 19.1 Å². The summed E-state index contributed by atoms with van der Waals surface area (Å²) in [6.45, 7) is 6.34. The van der Waals surface area contributed by atoms with Crippen molar-refractivity contribution in [3.8, 4) is 0 Å². The van der Waals surface area contributed by atoms with Gasteiger partial charge in [-0.3, -0.25) is 9.59 Å². The number of ether oxygens (including phenoxy) is 1. The minimum absolute atomic E-state index is 0.0458. The lowest BCUT2D eigenvalue weighted by molar-refractivity contribution is -0.141. The molecule has 3 unspecified atom stereocenters. The lowest BCUT2D eigenvalue weighted by Crippen LogP contribution is -2.40. The van der Waals surface area contributed by atoms with Crippen molar-refractivity contribution in [3.63, 3.8) is 0 Å². The summed E-state index contributed by atoms with van der Waals surface area (Å²) in [5.74, 6) is -1.29. The summed E-state index contributed by atoms with van der Waals surface area (Å²) in [6, 6.07) is -1.85. The monoisotopic (exact) mass is 340 g/mol. The quantitative estimate of drug-likeness (QED) is 0.447. The van der Waals surface area contributed by atoms with Gasteiger partial charge in [0.2, 0.25) is 0 Å². The first-order valence-corrected chi connectivity index (χ1v) is 8.11. The summed E-state index contributed by atoms with van der Waals surface area (Å²) in [7, 11) is 1.25. The van der Waals surface area contributed by atoms with E-state index in [4.69, 9.17) is 10.8 Å². The molecule has 0 spiro atoms. The van der Waals surface area contributed by atoms with Gasteiger partial charge in [0.25, 0.3) is 0 Å². The summed E-state index contributed by atoms with van der Waals surface area (Å²) >= 11 is 0. The SMILES string of the molecule is COC(=O)C(N)C=C(N[C@@H](C=O)CC(=O)O)C1C(C)CCC1(C)C. The number of hydrogen-bond acceptors (Lipinski definition) is 6. The van der Waals surface area contributed by atoms with E-state index in [1.54, 1.807) is 6.08 Å². The van der Waals surface area contributed by atoms with Gasteiger partial charge in [-0.25, -0.2) is 0 Å². The van der Waals surface area contributed by atoms with Crippen molar-refractivity contribution in [1.29, 1.82) is 0 Å². The molecule has 4 atom stereocenters. The number of carbonyl (C=O) groups excluding carboxylic acids is 2. The van der Waals surface area contributed by atoms with Crippen LogP contribution >= 0.6 is 0 Å². The third-order valence-electron chi connectivity index (χ3n) is 4.73. The van der Waals surface area contributed by atoms with E-state index < -0.39 is 24.0 Å². The number of hydrogen-bond donors (Lipinski definition) is 3. The van der Waals surface area contributed by atoms with E-state index in [2.05, 4.69) is 30.8 Å². The molecule has 1 aliphatic rings. The number of methoxy groups -OCH3 is 1.